The van der Waals surface area contributed by atoms with Gasteiger partial charge >= 0.3 is 0 Å². The van der Waals surface area contributed by atoms with E-state index in [0.717, 1.165) is 18.4 Å². The van der Waals surface area contributed by atoms with Crippen LogP contribution in [0.3, 0.4) is 0 Å². The summed E-state index contributed by atoms with van der Waals surface area (Å²) in [5, 5.41) is 5.52. The molecule has 0 spiro atoms. The number of ether oxygens (including phenoxy) is 2. The molecule has 156 valence electrons. The molecule has 2 aromatic carbocycles. The van der Waals surface area contributed by atoms with Gasteiger partial charge in [0.05, 0.1) is 26.2 Å². The summed E-state index contributed by atoms with van der Waals surface area (Å²) in [4.78, 5) is 28.1. The van der Waals surface area contributed by atoms with Crippen LogP contribution in [0.2, 0.25) is 0 Å². The van der Waals surface area contributed by atoms with E-state index in [1.165, 1.54) is 4.68 Å². The van der Waals surface area contributed by atoms with E-state index in [1.807, 2.05) is 36.1 Å². The molecule has 3 aromatic rings. The van der Waals surface area contributed by atoms with Gasteiger partial charge in [0.25, 0.3) is 11.5 Å². The number of methoxy groups -OCH3 is 2. The highest BCUT2D eigenvalue weighted by Crippen LogP contribution is 2.33. The minimum Gasteiger partial charge on any atom is -0.497 e. The third-order valence-electron chi connectivity index (χ3n) is 5.45. The Labute approximate surface area is 174 Å². The molecule has 0 atom stereocenters. The molecule has 4 rings (SSSR count). The largest absolute Gasteiger partial charge is 0.497 e. The standard InChI is InChI=1S/C23H25N3O4/c1-4-26-22(27)19-8-6-5-7-18(19)21(24-26)23(28)25(16-9-10-16)14-15-13-17(29-2)11-12-20(15)30-3/h5-8,11-13,16H,4,9-10,14H2,1-3H3. The van der Waals surface area contributed by atoms with Crippen molar-refractivity contribution < 1.29 is 14.3 Å². The second-order valence-corrected chi connectivity index (χ2v) is 7.36. The van der Waals surface area contributed by atoms with E-state index < -0.39 is 0 Å². The van der Waals surface area contributed by atoms with E-state index in [1.54, 1.807) is 32.4 Å². The summed E-state index contributed by atoms with van der Waals surface area (Å²) in [6.45, 7) is 2.62. The maximum atomic E-state index is 13.7. The van der Waals surface area contributed by atoms with Crippen molar-refractivity contribution >= 4 is 16.7 Å². The molecule has 1 aromatic heterocycles. The molecule has 0 bridgehead atoms. The Morgan fingerprint density at radius 1 is 1.13 bits per heavy atom. The summed E-state index contributed by atoms with van der Waals surface area (Å²) in [6, 6.07) is 12.9. The maximum Gasteiger partial charge on any atom is 0.275 e. The van der Waals surface area contributed by atoms with Gasteiger partial charge in [0.1, 0.15) is 11.5 Å². The number of hydrogen-bond donors (Lipinski definition) is 0. The predicted octanol–water partition coefficient (Wildman–Crippen LogP) is 3.24. The molecule has 0 N–H and O–H groups in total. The summed E-state index contributed by atoms with van der Waals surface area (Å²) in [6.07, 6.45) is 1.90. The van der Waals surface area contributed by atoms with E-state index in [-0.39, 0.29) is 17.5 Å². The number of nitrogens with zero attached hydrogens (tertiary/aromatic N) is 3. The van der Waals surface area contributed by atoms with Gasteiger partial charge < -0.3 is 14.4 Å². The lowest BCUT2D eigenvalue weighted by atomic mass is 10.1. The van der Waals surface area contributed by atoms with Crippen molar-refractivity contribution in [3.8, 4) is 11.5 Å². The molecule has 1 fully saturated rings. The zero-order valence-electron chi connectivity index (χ0n) is 17.4. The van der Waals surface area contributed by atoms with Crippen LogP contribution in [0.25, 0.3) is 10.8 Å². The molecule has 1 aliphatic carbocycles. The molecule has 1 amide bonds. The Morgan fingerprint density at radius 3 is 2.50 bits per heavy atom. The minimum atomic E-state index is -0.183. The fraction of sp³-hybridized carbons (Fsp3) is 0.348. The van der Waals surface area contributed by atoms with Gasteiger partial charge in [-0.2, -0.15) is 5.10 Å². The average Bonchev–Trinajstić information content (AvgIpc) is 3.62. The fourth-order valence-electron chi connectivity index (χ4n) is 3.69. The number of carbonyl (C=O) groups excluding carboxylic acids is 1. The SMILES string of the molecule is CCn1nc(C(=O)N(Cc2cc(OC)ccc2OC)C2CC2)c2ccccc2c1=O. The van der Waals surface area contributed by atoms with Crippen LogP contribution >= 0.6 is 0 Å². The highest BCUT2D eigenvalue weighted by Gasteiger charge is 2.35. The number of aryl methyl sites for hydroxylation is 1. The fourth-order valence-corrected chi connectivity index (χ4v) is 3.69. The Morgan fingerprint density at radius 2 is 1.87 bits per heavy atom. The van der Waals surface area contributed by atoms with Gasteiger partial charge in [0.2, 0.25) is 0 Å². The van der Waals surface area contributed by atoms with Gasteiger partial charge in [-0.25, -0.2) is 4.68 Å². The summed E-state index contributed by atoms with van der Waals surface area (Å²) < 4.78 is 12.2. The number of carbonyl (C=O) groups is 1. The van der Waals surface area contributed by atoms with Crippen LogP contribution in [0.1, 0.15) is 35.8 Å². The van der Waals surface area contributed by atoms with E-state index in [9.17, 15) is 9.59 Å². The van der Waals surface area contributed by atoms with Gasteiger partial charge in [-0.1, -0.05) is 18.2 Å². The first-order valence-corrected chi connectivity index (χ1v) is 10.1. The van der Waals surface area contributed by atoms with E-state index >= 15 is 0 Å². The summed E-state index contributed by atoms with van der Waals surface area (Å²) >= 11 is 0. The first kappa shape index (κ1) is 19.9. The normalized spacial score (nSPS) is 13.3. The van der Waals surface area contributed by atoms with Gasteiger partial charge in [-0.3, -0.25) is 9.59 Å². The van der Waals surface area contributed by atoms with Gasteiger partial charge in [0, 0.05) is 23.5 Å². The lowest BCUT2D eigenvalue weighted by molar-refractivity contribution is 0.0722. The van der Waals surface area contributed by atoms with Crippen LogP contribution in [0, 0.1) is 0 Å². The summed E-state index contributed by atoms with van der Waals surface area (Å²) in [5.74, 6) is 1.23. The number of benzene rings is 2. The van der Waals surface area contributed by atoms with Crippen molar-refractivity contribution in [3.63, 3.8) is 0 Å². The van der Waals surface area contributed by atoms with Crippen molar-refractivity contribution in [2.75, 3.05) is 14.2 Å². The molecule has 7 nitrogen and oxygen atoms in total. The number of fused-ring (bicyclic) bond motifs is 1. The summed E-state index contributed by atoms with van der Waals surface area (Å²) in [7, 11) is 3.22. The van der Waals surface area contributed by atoms with Gasteiger partial charge in [-0.15, -0.1) is 0 Å². The number of rotatable bonds is 7. The second kappa shape index (κ2) is 8.18. The molecule has 0 radical (unpaired) electrons. The zero-order chi connectivity index (χ0) is 21.3. The quantitative estimate of drug-likeness (QED) is 0.601. The van der Waals surface area contributed by atoms with E-state index in [0.29, 0.717) is 41.1 Å². The molecule has 1 aliphatic rings. The van der Waals surface area contributed by atoms with Gasteiger partial charge in [0.15, 0.2) is 5.69 Å². The molecule has 30 heavy (non-hydrogen) atoms. The third kappa shape index (κ3) is 3.63. The van der Waals surface area contributed by atoms with E-state index in [4.69, 9.17) is 9.47 Å². The van der Waals surface area contributed by atoms with Crippen molar-refractivity contribution in [1.82, 2.24) is 14.7 Å². The smallest absolute Gasteiger partial charge is 0.275 e. The molecular weight excluding hydrogens is 382 g/mol. The highest BCUT2D eigenvalue weighted by molar-refractivity contribution is 6.05. The topological polar surface area (TPSA) is 73.7 Å². The van der Waals surface area contributed by atoms with Crippen molar-refractivity contribution in [3.05, 3.63) is 64.1 Å². The van der Waals surface area contributed by atoms with Crippen LogP contribution in [-0.4, -0.2) is 40.8 Å². The number of hydrogen-bond acceptors (Lipinski definition) is 5. The first-order valence-electron chi connectivity index (χ1n) is 10.1. The molecule has 0 aliphatic heterocycles. The first-order chi connectivity index (χ1) is 14.6. The van der Waals surface area contributed by atoms with Crippen LogP contribution < -0.4 is 15.0 Å². The second-order valence-electron chi connectivity index (χ2n) is 7.36. The average molecular weight is 407 g/mol. The minimum absolute atomic E-state index is 0.149. The molecule has 0 saturated heterocycles. The Kier molecular flexibility index (Phi) is 5.44. The molecular formula is C23H25N3O4. The van der Waals surface area contributed by atoms with Crippen molar-refractivity contribution in [2.24, 2.45) is 0 Å². The molecule has 0 unspecified atom stereocenters. The van der Waals surface area contributed by atoms with Crippen LogP contribution in [0.4, 0.5) is 0 Å². The van der Waals surface area contributed by atoms with Crippen molar-refractivity contribution in [2.45, 2.75) is 38.9 Å². The van der Waals surface area contributed by atoms with E-state index in [2.05, 4.69) is 5.10 Å². The predicted molar refractivity (Wildman–Crippen MR) is 114 cm³/mol. The Bertz CT molecular complexity index is 1150. The lowest BCUT2D eigenvalue weighted by Gasteiger charge is -2.24. The van der Waals surface area contributed by atoms with Crippen LogP contribution in [0.5, 0.6) is 11.5 Å². The lowest BCUT2D eigenvalue weighted by Crippen LogP contribution is -2.35. The molecule has 7 heteroatoms. The summed E-state index contributed by atoms with van der Waals surface area (Å²) in [5.41, 5.74) is 0.989. The molecule has 1 heterocycles. The Hall–Kier alpha value is -3.35. The maximum absolute atomic E-state index is 13.7. The molecule has 1 saturated carbocycles. The number of amides is 1. The van der Waals surface area contributed by atoms with Crippen molar-refractivity contribution in [1.29, 1.82) is 0 Å². The number of aromatic nitrogens is 2. The van der Waals surface area contributed by atoms with Crippen LogP contribution in [-0.2, 0) is 13.1 Å². The monoisotopic (exact) mass is 407 g/mol. The third-order valence-corrected chi connectivity index (χ3v) is 5.45. The van der Waals surface area contributed by atoms with Gasteiger partial charge in [-0.05, 0) is 44.0 Å². The Balaban J connectivity index is 1.78. The highest BCUT2D eigenvalue weighted by atomic mass is 16.5. The zero-order valence-corrected chi connectivity index (χ0v) is 17.4. The van der Waals surface area contributed by atoms with Crippen LogP contribution in [0.15, 0.2) is 47.3 Å².